The fourth-order valence-corrected chi connectivity index (χ4v) is 0.518. The number of likely N-dealkylation sites (N-methyl/N-ethyl adjacent to an activating group) is 1. The molecule has 0 fully saturated rings. The molecular weight excluding hydrogens is 114 g/mol. The Morgan fingerprint density at radius 3 is 2.67 bits per heavy atom. The standard InChI is InChI=1S/C7H15NO/c1-3-4-5-8(2)6-7-9/h4-5,9H,3,6-7H2,1-2H3/b5-4+. The van der Waals surface area contributed by atoms with Gasteiger partial charge in [-0.3, -0.25) is 0 Å². The van der Waals surface area contributed by atoms with Crippen molar-refractivity contribution in [2.75, 3.05) is 20.2 Å². The van der Waals surface area contributed by atoms with Crippen molar-refractivity contribution in [1.29, 1.82) is 0 Å². The van der Waals surface area contributed by atoms with Crippen LogP contribution in [0.25, 0.3) is 0 Å². The summed E-state index contributed by atoms with van der Waals surface area (Å²) in [5.41, 5.74) is 0. The monoisotopic (exact) mass is 129 g/mol. The second kappa shape index (κ2) is 5.63. The first-order valence-corrected chi connectivity index (χ1v) is 3.29. The lowest BCUT2D eigenvalue weighted by molar-refractivity contribution is 0.254. The van der Waals surface area contributed by atoms with E-state index in [1.165, 1.54) is 0 Å². The van der Waals surface area contributed by atoms with Crippen molar-refractivity contribution in [2.45, 2.75) is 13.3 Å². The molecule has 0 aromatic carbocycles. The molecule has 0 saturated heterocycles. The molecule has 0 rings (SSSR count). The Balaban J connectivity index is 3.25. The van der Waals surface area contributed by atoms with Gasteiger partial charge in [0.15, 0.2) is 0 Å². The van der Waals surface area contributed by atoms with Gasteiger partial charge in [-0.05, 0) is 12.6 Å². The molecule has 0 amide bonds. The second-order valence-corrected chi connectivity index (χ2v) is 2.00. The number of hydrogen-bond acceptors (Lipinski definition) is 2. The van der Waals surface area contributed by atoms with Crippen molar-refractivity contribution in [3.8, 4) is 0 Å². The average molecular weight is 129 g/mol. The van der Waals surface area contributed by atoms with Crippen molar-refractivity contribution in [3.63, 3.8) is 0 Å². The maximum absolute atomic E-state index is 8.46. The number of aliphatic hydroxyl groups is 1. The molecule has 0 bridgehead atoms. The lowest BCUT2D eigenvalue weighted by atomic mass is 10.4. The Morgan fingerprint density at radius 1 is 1.56 bits per heavy atom. The first-order chi connectivity index (χ1) is 4.31. The largest absolute Gasteiger partial charge is 0.395 e. The van der Waals surface area contributed by atoms with E-state index < -0.39 is 0 Å². The molecule has 0 atom stereocenters. The van der Waals surface area contributed by atoms with E-state index in [1.807, 2.05) is 18.1 Å². The van der Waals surface area contributed by atoms with Crippen molar-refractivity contribution in [3.05, 3.63) is 12.3 Å². The molecule has 0 unspecified atom stereocenters. The summed E-state index contributed by atoms with van der Waals surface area (Å²) in [5.74, 6) is 0. The Labute approximate surface area is 56.8 Å². The summed E-state index contributed by atoms with van der Waals surface area (Å²) < 4.78 is 0. The van der Waals surface area contributed by atoms with Gasteiger partial charge in [0.1, 0.15) is 0 Å². The third kappa shape index (κ3) is 5.37. The van der Waals surface area contributed by atoms with Crippen molar-refractivity contribution in [2.24, 2.45) is 0 Å². The average Bonchev–Trinajstić information content (AvgIpc) is 1.85. The van der Waals surface area contributed by atoms with Crippen LogP contribution in [0.15, 0.2) is 12.3 Å². The molecule has 2 nitrogen and oxygen atoms in total. The fourth-order valence-electron chi connectivity index (χ4n) is 0.518. The highest BCUT2D eigenvalue weighted by Crippen LogP contribution is 1.84. The van der Waals surface area contributed by atoms with E-state index in [2.05, 4.69) is 13.0 Å². The van der Waals surface area contributed by atoms with Gasteiger partial charge in [0, 0.05) is 13.6 Å². The molecule has 0 aliphatic rings. The zero-order valence-electron chi connectivity index (χ0n) is 6.17. The topological polar surface area (TPSA) is 23.5 Å². The van der Waals surface area contributed by atoms with E-state index >= 15 is 0 Å². The van der Waals surface area contributed by atoms with Crippen LogP contribution in [0, 0.1) is 0 Å². The molecule has 0 radical (unpaired) electrons. The van der Waals surface area contributed by atoms with E-state index in [9.17, 15) is 0 Å². The van der Waals surface area contributed by atoms with Crippen LogP contribution in [-0.4, -0.2) is 30.2 Å². The highest BCUT2D eigenvalue weighted by atomic mass is 16.3. The minimum absolute atomic E-state index is 0.227. The lowest BCUT2D eigenvalue weighted by Crippen LogP contribution is -2.14. The highest BCUT2D eigenvalue weighted by molar-refractivity contribution is 4.78. The minimum Gasteiger partial charge on any atom is -0.395 e. The van der Waals surface area contributed by atoms with Crippen LogP contribution in [0.2, 0.25) is 0 Å². The number of allylic oxidation sites excluding steroid dienone is 1. The van der Waals surface area contributed by atoms with E-state index in [0.29, 0.717) is 0 Å². The van der Waals surface area contributed by atoms with E-state index in [4.69, 9.17) is 5.11 Å². The molecule has 0 aliphatic carbocycles. The Kier molecular flexibility index (Phi) is 5.32. The molecule has 0 saturated carbocycles. The zero-order chi connectivity index (χ0) is 7.11. The summed E-state index contributed by atoms with van der Waals surface area (Å²) in [7, 11) is 1.95. The molecule has 9 heavy (non-hydrogen) atoms. The van der Waals surface area contributed by atoms with Crippen LogP contribution in [0.1, 0.15) is 13.3 Å². The zero-order valence-corrected chi connectivity index (χ0v) is 6.17. The molecule has 0 aromatic rings. The molecule has 0 aromatic heterocycles. The fraction of sp³-hybridized carbons (Fsp3) is 0.714. The molecule has 1 N–H and O–H groups in total. The van der Waals surface area contributed by atoms with Crippen molar-refractivity contribution < 1.29 is 5.11 Å². The summed E-state index contributed by atoms with van der Waals surface area (Å²) in [6, 6.07) is 0. The lowest BCUT2D eigenvalue weighted by Gasteiger charge is -2.10. The Morgan fingerprint density at radius 2 is 2.22 bits per heavy atom. The Hall–Kier alpha value is -0.500. The summed E-state index contributed by atoms with van der Waals surface area (Å²) in [4.78, 5) is 1.96. The molecule has 0 aliphatic heterocycles. The van der Waals surface area contributed by atoms with Gasteiger partial charge in [-0.2, -0.15) is 0 Å². The van der Waals surface area contributed by atoms with Crippen LogP contribution >= 0.6 is 0 Å². The summed E-state index contributed by atoms with van der Waals surface area (Å²) in [6.07, 6.45) is 5.10. The molecule has 0 heterocycles. The van der Waals surface area contributed by atoms with Crippen molar-refractivity contribution >= 4 is 0 Å². The SMILES string of the molecule is CC/C=C/N(C)CCO. The normalized spacial score (nSPS) is 10.6. The van der Waals surface area contributed by atoms with E-state index in [1.54, 1.807) is 0 Å². The summed E-state index contributed by atoms with van der Waals surface area (Å²) >= 11 is 0. The number of nitrogens with zero attached hydrogens (tertiary/aromatic N) is 1. The molecule has 0 spiro atoms. The van der Waals surface area contributed by atoms with Crippen LogP contribution in [0.4, 0.5) is 0 Å². The van der Waals surface area contributed by atoms with Gasteiger partial charge in [0.2, 0.25) is 0 Å². The molecular formula is C7H15NO. The predicted molar refractivity (Wildman–Crippen MR) is 39.1 cm³/mol. The third-order valence-electron chi connectivity index (χ3n) is 1.05. The maximum Gasteiger partial charge on any atom is 0.0606 e. The van der Waals surface area contributed by atoms with Gasteiger partial charge in [-0.1, -0.05) is 13.0 Å². The van der Waals surface area contributed by atoms with Gasteiger partial charge >= 0.3 is 0 Å². The molecule has 2 heteroatoms. The third-order valence-corrected chi connectivity index (χ3v) is 1.05. The van der Waals surface area contributed by atoms with Crippen molar-refractivity contribution in [1.82, 2.24) is 4.90 Å². The van der Waals surface area contributed by atoms with Gasteiger partial charge in [0.25, 0.3) is 0 Å². The van der Waals surface area contributed by atoms with Gasteiger partial charge in [0.05, 0.1) is 6.61 Å². The van der Waals surface area contributed by atoms with Crippen LogP contribution < -0.4 is 0 Å². The smallest absolute Gasteiger partial charge is 0.0606 e. The minimum atomic E-state index is 0.227. The van der Waals surface area contributed by atoms with Crippen LogP contribution in [0.5, 0.6) is 0 Å². The van der Waals surface area contributed by atoms with Gasteiger partial charge < -0.3 is 10.0 Å². The predicted octanol–water partition coefficient (Wildman–Crippen LogP) is 0.834. The Bertz CT molecular complexity index is 81.0. The van der Waals surface area contributed by atoms with E-state index in [0.717, 1.165) is 13.0 Å². The van der Waals surface area contributed by atoms with Gasteiger partial charge in [-0.25, -0.2) is 0 Å². The first-order valence-electron chi connectivity index (χ1n) is 3.29. The second-order valence-electron chi connectivity index (χ2n) is 2.00. The molecule has 54 valence electrons. The summed E-state index contributed by atoms with van der Waals surface area (Å²) in [6.45, 7) is 3.03. The quantitative estimate of drug-likeness (QED) is 0.608. The van der Waals surface area contributed by atoms with Gasteiger partial charge in [-0.15, -0.1) is 0 Å². The van der Waals surface area contributed by atoms with Crippen LogP contribution in [-0.2, 0) is 0 Å². The van der Waals surface area contributed by atoms with Crippen LogP contribution in [0.3, 0.4) is 0 Å². The highest BCUT2D eigenvalue weighted by Gasteiger charge is 1.84. The number of hydrogen-bond donors (Lipinski definition) is 1. The van der Waals surface area contributed by atoms with E-state index in [-0.39, 0.29) is 6.61 Å². The number of rotatable bonds is 4. The maximum atomic E-state index is 8.46. The first kappa shape index (κ1) is 8.50. The summed E-state index contributed by atoms with van der Waals surface area (Å²) in [5, 5.41) is 8.46. The number of aliphatic hydroxyl groups excluding tert-OH is 1.